The van der Waals surface area contributed by atoms with Gasteiger partial charge in [-0.25, -0.2) is 0 Å². The lowest BCUT2D eigenvalue weighted by Gasteiger charge is -2.06. The highest BCUT2D eigenvalue weighted by Gasteiger charge is 2.15. The maximum Gasteiger partial charge on any atom is 0.308 e. The zero-order chi connectivity index (χ0) is 11.6. The minimum absolute atomic E-state index is 0.0142. The summed E-state index contributed by atoms with van der Waals surface area (Å²) in [5, 5.41) is 10.5. The molecule has 0 bridgehead atoms. The summed E-state index contributed by atoms with van der Waals surface area (Å²) in [4.78, 5) is 20.8. The summed E-state index contributed by atoms with van der Waals surface area (Å²) in [6.45, 7) is 1.29. The van der Waals surface area contributed by atoms with E-state index in [1.54, 1.807) is 0 Å². The molecule has 80 valence electrons. The van der Waals surface area contributed by atoms with E-state index in [1.807, 2.05) is 45.2 Å². The third kappa shape index (κ3) is 3.26. The van der Waals surface area contributed by atoms with Crippen LogP contribution in [0.4, 0.5) is 5.69 Å². The van der Waals surface area contributed by atoms with Crippen molar-refractivity contribution in [2.45, 2.75) is 6.92 Å². The lowest BCUT2D eigenvalue weighted by molar-refractivity contribution is -0.385. The van der Waals surface area contributed by atoms with Gasteiger partial charge in [0.2, 0.25) is 0 Å². The Balaban J connectivity index is 3.21. The van der Waals surface area contributed by atoms with E-state index in [4.69, 9.17) is 4.74 Å². The summed E-state index contributed by atoms with van der Waals surface area (Å²) in [6, 6.07) is 2.72. The molecule has 0 radical (unpaired) electrons. The van der Waals surface area contributed by atoms with Crippen molar-refractivity contribution in [2.24, 2.45) is 0 Å². The average molecular weight is 433 g/mol. The van der Waals surface area contributed by atoms with Crippen molar-refractivity contribution in [3.05, 3.63) is 29.4 Å². The molecular weight excluding hydrogens is 428 g/mol. The second-order valence-corrected chi connectivity index (χ2v) is 4.91. The van der Waals surface area contributed by atoms with Gasteiger partial charge in [0.15, 0.2) is 5.75 Å². The minimum atomic E-state index is -0.484. The standard InChI is InChI=1S/C8H5I2NO4/c1-4(12)15-8-6(9)2-5(11(13)14)3-7(8)10/h2-3H,1H3. The van der Waals surface area contributed by atoms with Gasteiger partial charge >= 0.3 is 5.97 Å². The lowest BCUT2D eigenvalue weighted by atomic mass is 10.3. The number of nitrogens with zero attached hydrogens (tertiary/aromatic N) is 1. The van der Waals surface area contributed by atoms with Gasteiger partial charge in [-0.2, -0.15) is 0 Å². The predicted octanol–water partition coefficient (Wildman–Crippen LogP) is 2.73. The number of hydrogen-bond donors (Lipinski definition) is 0. The number of carbonyl (C=O) groups is 1. The molecule has 0 fully saturated rings. The molecule has 0 aliphatic rings. The van der Waals surface area contributed by atoms with Crippen molar-refractivity contribution in [1.82, 2.24) is 0 Å². The Morgan fingerprint density at radius 2 is 1.87 bits per heavy atom. The van der Waals surface area contributed by atoms with Crippen LogP contribution < -0.4 is 4.74 Å². The molecular formula is C8H5I2NO4. The van der Waals surface area contributed by atoms with Gasteiger partial charge in [0.1, 0.15) is 0 Å². The predicted molar refractivity (Wildman–Crippen MR) is 69.8 cm³/mol. The summed E-state index contributed by atoms with van der Waals surface area (Å²) in [5.41, 5.74) is -0.0142. The quantitative estimate of drug-likeness (QED) is 0.237. The van der Waals surface area contributed by atoms with Crippen molar-refractivity contribution in [1.29, 1.82) is 0 Å². The molecule has 0 atom stereocenters. The SMILES string of the molecule is CC(=O)Oc1c(I)cc([N+](=O)[O-])cc1I. The molecule has 0 saturated carbocycles. The van der Waals surface area contributed by atoms with Crippen molar-refractivity contribution in [3.8, 4) is 5.75 Å². The topological polar surface area (TPSA) is 69.4 Å². The van der Waals surface area contributed by atoms with Crippen LogP contribution in [0.5, 0.6) is 5.75 Å². The molecule has 0 N–H and O–H groups in total. The molecule has 0 aliphatic heterocycles. The van der Waals surface area contributed by atoms with Gasteiger partial charge in [-0.1, -0.05) is 0 Å². The number of non-ortho nitro benzene ring substituents is 1. The fourth-order valence-electron chi connectivity index (χ4n) is 0.893. The van der Waals surface area contributed by atoms with Crippen molar-refractivity contribution in [3.63, 3.8) is 0 Å². The maximum absolute atomic E-state index is 10.8. The Kier molecular flexibility index (Phi) is 4.25. The van der Waals surface area contributed by atoms with Crippen LogP contribution in [0.15, 0.2) is 12.1 Å². The van der Waals surface area contributed by atoms with Gasteiger partial charge in [-0.3, -0.25) is 14.9 Å². The largest absolute Gasteiger partial charge is 0.424 e. The Hall–Kier alpha value is -0.450. The van der Waals surface area contributed by atoms with Gasteiger partial charge in [0.25, 0.3) is 5.69 Å². The lowest BCUT2D eigenvalue weighted by Crippen LogP contribution is -2.05. The Morgan fingerprint density at radius 3 is 2.20 bits per heavy atom. The fourth-order valence-corrected chi connectivity index (χ4v) is 2.85. The van der Waals surface area contributed by atoms with Gasteiger partial charge in [-0.15, -0.1) is 0 Å². The summed E-state index contributed by atoms with van der Waals surface area (Å²) in [6.07, 6.45) is 0. The van der Waals surface area contributed by atoms with Gasteiger partial charge in [-0.05, 0) is 45.2 Å². The van der Waals surface area contributed by atoms with Crippen LogP contribution in [0.2, 0.25) is 0 Å². The molecule has 5 nitrogen and oxygen atoms in total. The first-order chi connectivity index (χ1) is 6.91. The maximum atomic E-state index is 10.8. The molecule has 1 rings (SSSR count). The molecule has 0 aromatic heterocycles. The molecule has 0 spiro atoms. The van der Waals surface area contributed by atoms with Crippen LogP contribution in [0.1, 0.15) is 6.92 Å². The third-order valence-electron chi connectivity index (χ3n) is 1.44. The molecule has 1 aromatic rings. The first-order valence-corrected chi connectivity index (χ1v) is 5.89. The van der Waals surface area contributed by atoms with Crippen LogP contribution >= 0.6 is 45.2 Å². The molecule has 1 aromatic carbocycles. The Morgan fingerprint density at radius 1 is 1.40 bits per heavy atom. The fraction of sp³-hybridized carbons (Fsp3) is 0.125. The number of carbonyl (C=O) groups excluding carboxylic acids is 1. The number of nitro groups is 1. The summed E-state index contributed by atoms with van der Waals surface area (Å²) < 4.78 is 6.02. The van der Waals surface area contributed by atoms with E-state index >= 15 is 0 Å². The van der Waals surface area contributed by atoms with E-state index in [-0.39, 0.29) is 5.69 Å². The number of esters is 1. The number of rotatable bonds is 2. The summed E-state index contributed by atoms with van der Waals surface area (Å²) in [7, 11) is 0. The van der Waals surface area contributed by atoms with Crippen LogP contribution in [0.25, 0.3) is 0 Å². The second-order valence-electron chi connectivity index (χ2n) is 2.59. The average Bonchev–Trinajstić information content (AvgIpc) is 2.10. The van der Waals surface area contributed by atoms with Crippen LogP contribution in [-0.4, -0.2) is 10.9 Å². The molecule has 0 saturated heterocycles. The highest BCUT2D eigenvalue weighted by atomic mass is 127. The molecule has 7 heteroatoms. The third-order valence-corrected chi connectivity index (χ3v) is 3.04. The smallest absolute Gasteiger partial charge is 0.308 e. The number of hydrogen-bond acceptors (Lipinski definition) is 4. The van der Waals surface area contributed by atoms with Crippen LogP contribution in [0.3, 0.4) is 0 Å². The second kappa shape index (κ2) is 5.05. The van der Waals surface area contributed by atoms with E-state index in [2.05, 4.69) is 0 Å². The first kappa shape index (κ1) is 12.6. The van der Waals surface area contributed by atoms with Crippen molar-refractivity contribution < 1.29 is 14.5 Å². The van der Waals surface area contributed by atoms with Crippen LogP contribution in [-0.2, 0) is 4.79 Å². The molecule has 0 aliphatic carbocycles. The Labute approximate surface area is 113 Å². The van der Waals surface area contributed by atoms with Gasteiger partial charge < -0.3 is 4.74 Å². The van der Waals surface area contributed by atoms with E-state index in [1.165, 1.54) is 19.1 Å². The number of halogens is 2. The zero-order valence-corrected chi connectivity index (χ0v) is 11.8. The molecule has 15 heavy (non-hydrogen) atoms. The summed E-state index contributed by atoms with van der Waals surface area (Å²) >= 11 is 3.78. The zero-order valence-electron chi connectivity index (χ0n) is 7.49. The number of benzene rings is 1. The highest BCUT2D eigenvalue weighted by Crippen LogP contribution is 2.31. The van der Waals surface area contributed by atoms with E-state index in [0.29, 0.717) is 12.9 Å². The van der Waals surface area contributed by atoms with E-state index in [0.717, 1.165) is 0 Å². The normalized spacial score (nSPS) is 9.80. The van der Waals surface area contributed by atoms with E-state index in [9.17, 15) is 14.9 Å². The van der Waals surface area contributed by atoms with E-state index < -0.39 is 10.9 Å². The van der Waals surface area contributed by atoms with Gasteiger partial charge in [0.05, 0.1) is 12.1 Å². The minimum Gasteiger partial charge on any atom is -0.424 e. The van der Waals surface area contributed by atoms with Crippen LogP contribution in [0, 0.1) is 17.3 Å². The highest BCUT2D eigenvalue weighted by molar-refractivity contribution is 14.1. The van der Waals surface area contributed by atoms with Gasteiger partial charge in [0, 0.05) is 19.1 Å². The number of ether oxygens (including phenoxy) is 1. The monoisotopic (exact) mass is 433 g/mol. The van der Waals surface area contributed by atoms with Crippen molar-refractivity contribution >= 4 is 56.8 Å². The molecule has 0 heterocycles. The Bertz CT molecular complexity index is 410. The molecule has 0 amide bonds. The molecule has 0 unspecified atom stereocenters. The number of nitro benzene ring substituents is 1. The first-order valence-electron chi connectivity index (χ1n) is 3.73. The van der Waals surface area contributed by atoms with Crippen molar-refractivity contribution in [2.75, 3.05) is 0 Å². The summed E-state index contributed by atoms with van der Waals surface area (Å²) in [5.74, 6) is -0.0750.